The highest BCUT2D eigenvalue weighted by Crippen LogP contribution is 2.24. The topological polar surface area (TPSA) is 108 Å². The van der Waals surface area contributed by atoms with Gasteiger partial charge in [-0.05, 0) is 49.9 Å². The van der Waals surface area contributed by atoms with Crippen LogP contribution in [0.25, 0.3) is 22.1 Å². The Labute approximate surface area is 193 Å². The fourth-order valence-corrected chi connectivity index (χ4v) is 3.89. The summed E-state index contributed by atoms with van der Waals surface area (Å²) < 4.78 is 7.53. The predicted octanol–water partition coefficient (Wildman–Crippen LogP) is 3.97. The van der Waals surface area contributed by atoms with Crippen LogP contribution in [0.1, 0.15) is 37.1 Å². The van der Waals surface area contributed by atoms with Crippen LogP contribution in [-0.4, -0.2) is 38.7 Å². The molecule has 8 heteroatoms. The van der Waals surface area contributed by atoms with Crippen LogP contribution < -0.4 is 11.1 Å². The van der Waals surface area contributed by atoms with Crippen molar-refractivity contribution in [3.05, 3.63) is 66.2 Å². The minimum Gasteiger partial charge on any atom is -0.445 e. The Morgan fingerprint density at radius 2 is 1.88 bits per heavy atom. The van der Waals surface area contributed by atoms with Gasteiger partial charge in [-0.15, -0.1) is 0 Å². The molecule has 0 unspecified atom stereocenters. The number of carbonyl (C=O) groups is 1. The lowest BCUT2D eigenvalue weighted by molar-refractivity contribution is 0.139. The lowest BCUT2D eigenvalue weighted by Gasteiger charge is -2.11. The minimum atomic E-state index is -0.393. The lowest BCUT2D eigenvalue weighted by atomic mass is 10.2. The molecular weight excluding hydrogens is 416 g/mol. The van der Waals surface area contributed by atoms with Crippen LogP contribution in [0, 0.1) is 0 Å². The fraction of sp³-hybridized carbons (Fsp3) is 0.360. The molecule has 0 bridgehead atoms. The van der Waals surface area contributed by atoms with E-state index in [0.29, 0.717) is 13.1 Å². The third-order valence-electron chi connectivity index (χ3n) is 5.56. The molecule has 0 radical (unpaired) electrons. The summed E-state index contributed by atoms with van der Waals surface area (Å²) in [4.78, 5) is 25.9. The SMILES string of the molecule is NCCCCc1nc2cnc3cccnc3c2n1CCCCNC(=O)OCc1ccccc1. The van der Waals surface area contributed by atoms with Gasteiger partial charge in [-0.25, -0.2) is 9.78 Å². The maximum absolute atomic E-state index is 12.0. The number of nitrogens with two attached hydrogens (primary N) is 1. The highest BCUT2D eigenvalue weighted by molar-refractivity contribution is 5.99. The van der Waals surface area contributed by atoms with E-state index in [4.69, 9.17) is 15.5 Å². The number of rotatable bonds is 11. The van der Waals surface area contributed by atoms with Gasteiger partial charge in [0.1, 0.15) is 23.5 Å². The Balaban J connectivity index is 1.36. The van der Waals surface area contributed by atoms with Crippen LogP contribution >= 0.6 is 0 Å². The van der Waals surface area contributed by atoms with Gasteiger partial charge in [0.05, 0.1) is 17.2 Å². The molecule has 0 saturated carbocycles. The smallest absolute Gasteiger partial charge is 0.407 e. The largest absolute Gasteiger partial charge is 0.445 e. The number of hydrogen-bond donors (Lipinski definition) is 2. The summed E-state index contributed by atoms with van der Waals surface area (Å²) in [5, 5.41) is 2.83. The van der Waals surface area contributed by atoms with E-state index >= 15 is 0 Å². The van der Waals surface area contributed by atoms with Gasteiger partial charge in [0.15, 0.2) is 0 Å². The van der Waals surface area contributed by atoms with E-state index in [1.54, 1.807) is 6.20 Å². The van der Waals surface area contributed by atoms with Gasteiger partial charge in [-0.1, -0.05) is 30.3 Å². The van der Waals surface area contributed by atoms with Crippen molar-refractivity contribution in [1.82, 2.24) is 24.8 Å². The van der Waals surface area contributed by atoms with Crippen LogP contribution in [0.2, 0.25) is 0 Å². The van der Waals surface area contributed by atoms with Crippen LogP contribution in [0.5, 0.6) is 0 Å². The van der Waals surface area contributed by atoms with Crippen LogP contribution in [-0.2, 0) is 24.3 Å². The number of aromatic nitrogens is 4. The predicted molar refractivity (Wildman–Crippen MR) is 129 cm³/mol. The molecule has 0 aliphatic carbocycles. The van der Waals surface area contributed by atoms with E-state index in [9.17, 15) is 4.79 Å². The number of benzene rings is 1. The van der Waals surface area contributed by atoms with Crippen LogP contribution in [0.15, 0.2) is 54.9 Å². The maximum Gasteiger partial charge on any atom is 0.407 e. The second-order valence-electron chi connectivity index (χ2n) is 7.98. The second-order valence-corrected chi connectivity index (χ2v) is 7.98. The van der Waals surface area contributed by atoms with Gasteiger partial charge in [0, 0.05) is 25.7 Å². The molecule has 0 saturated heterocycles. The number of hydrogen-bond acceptors (Lipinski definition) is 6. The number of nitrogens with one attached hydrogen (secondary N) is 1. The minimum absolute atomic E-state index is 0.272. The zero-order chi connectivity index (χ0) is 22.9. The molecule has 3 N–H and O–H groups in total. The summed E-state index contributed by atoms with van der Waals surface area (Å²) in [5.74, 6) is 1.04. The molecule has 0 spiro atoms. The van der Waals surface area contributed by atoms with Gasteiger partial charge in [0.25, 0.3) is 0 Å². The molecule has 0 aliphatic heterocycles. The Hall–Kier alpha value is -3.52. The summed E-state index contributed by atoms with van der Waals surface area (Å²) in [6.45, 7) is 2.31. The van der Waals surface area contributed by atoms with Gasteiger partial charge in [-0.3, -0.25) is 9.97 Å². The molecule has 3 heterocycles. The van der Waals surface area contributed by atoms with Crippen molar-refractivity contribution in [2.24, 2.45) is 5.73 Å². The van der Waals surface area contributed by atoms with E-state index in [1.807, 2.05) is 48.7 Å². The van der Waals surface area contributed by atoms with Crippen LogP contribution in [0.4, 0.5) is 4.79 Å². The van der Waals surface area contributed by atoms with Crippen molar-refractivity contribution in [2.75, 3.05) is 13.1 Å². The van der Waals surface area contributed by atoms with E-state index in [-0.39, 0.29) is 6.61 Å². The molecule has 1 aromatic carbocycles. The third-order valence-corrected chi connectivity index (χ3v) is 5.56. The summed E-state index contributed by atoms with van der Waals surface area (Å²) >= 11 is 0. The van der Waals surface area contributed by atoms with Crippen molar-refractivity contribution < 1.29 is 9.53 Å². The Morgan fingerprint density at radius 1 is 1.00 bits per heavy atom. The number of alkyl carbamates (subject to hydrolysis) is 1. The molecule has 172 valence electrons. The molecule has 8 nitrogen and oxygen atoms in total. The van der Waals surface area contributed by atoms with Crippen molar-refractivity contribution in [1.29, 1.82) is 0 Å². The first-order chi connectivity index (χ1) is 16.3. The monoisotopic (exact) mass is 446 g/mol. The number of amides is 1. The third kappa shape index (κ3) is 5.84. The zero-order valence-electron chi connectivity index (χ0n) is 18.7. The molecule has 3 aromatic heterocycles. The highest BCUT2D eigenvalue weighted by atomic mass is 16.5. The Morgan fingerprint density at radius 3 is 2.73 bits per heavy atom. The average Bonchev–Trinajstić information content (AvgIpc) is 3.21. The summed E-state index contributed by atoms with van der Waals surface area (Å²) in [7, 11) is 0. The first-order valence-corrected chi connectivity index (χ1v) is 11.5. The first-order valence-electron chi connectivity index (χ1n) is 11.5. The van der Waals surface area contributed by atoms with E-state index in [2.05, 4.69) is 19.9 Å². The first kappa shape index (κ1) is 22.7. The number of fused-ring (bicyclic) bond motifs is 3. The number of pyridine rings is 2. The normalized spacial score (nSPS) is 11.2. The Bertz CT molecular complexity index is 1190. The average molecular weight is 447 g/mol. The van der Waals surface area contributed by atoms with Crippen molar-refractivity contribution in [3.8, 4) is 0 Å². The molecule has 1 amide bonds. The van der Waals surface area contributed by atoms with E-state index in [1.165, 1.54) is 0 Å². The second kappa shape index (κ2) is 11.4. The van der Waals surface area contributed by atoms with Gasteiger partial charge < -0.3 is 20.4 Å². The number of aryl methyl sites for hydroxylation is 2. The number of nitrogens with zero attached hydrogens (tertiary/aromatic N) is 4. The molecule has 0 fully saturated rings. The lowest BCUT2D eigenvalue weighted by Crippen LogP contribution is -2.25. The summed E-state index contributed by atoms with van der Waals surface area (Å²) in [6, 6.07) is 13.5. The summed E-state index contributed by atoms with van der Waals surface area (Å²) in [5.41, 5.74) is 10.3. The number of ether oxygens (including phenoxy) is 1. The zero-order valence-corrected chi connectivity index (χ0v) is 18.7. The van der Waals surface area contributed by atoms with Gasteiger partial charge >= 0.3 is 6.09 Å². The van der Waals surface area contributed by atoms with Gasteiger partial charge in [-0.2, -0.15) is 0 Å². The molecule has 4 rings (SSSR count). The molecule has 4 aromatic rings. The number of carbonyl (C=O) groups excluding carboxylic acids is 1. The number of imidazole rings is 1. The molecule has 0 aliphatic rings. The van der Waals surface area contributed by atoms with Crippen molar-refractivity contribution in [2.45, 2.75) is 45.3 Å². The quantitative estimate of drug-likeness (QED) is 0.338. The fourth-order valence-electron chi connectivity index (χ4n) is 3.89. The van der Waals surface area contributed by atoms with E-state index in [0.717, 1.165) is 72.1 Å². The summed E-state index contributed by atoms with van der Waals surface area (Å²) in [6.07, 6.45) is 7.78. The molecule has 0 atom stereocenters. The van der Waals surface area contributed by atoms with Gasteiger partial charge in [0.2, 0.25) is 0 Å². The van der Waals surface area contributed by atoms with Crippen molar-refractivity contribution >= 4 is 28.2 Å². The molecule has 33 heavy (non-hydrogen) atoms. The Kier molecular flexibility index (Phi) is 7.81. The van der Waals surface area contributed by atoms with Crippen LogP contribution in [0.3, 0.4) is 0 Å². The molecular formula is C25H30N6O2. The number of unbranched alkanes of at least 4 members (excludes halogenated alkanes) is 2. The standard InChI is InChI=1S/C25H30N6O2/c26-13-5-4-12-22-30-21-17-29-20-11-8-15-27-23(20)24(21)31(22)16-7-6-14-28-25(32)33-18-19-9-2-1-3-10-19/h1-3,8-11,15,17H,4-7,12-14,16,18,26H2,(H,28,32). The maximum atomic E-state index is 12.0. The van der Waals surface area contributed by atoms with E-state index < -0.39 is 6.09 Å². The van der Waals surface area contributed by atoms with Crippen molar-refractivity contribution in [3.63, 3.8) is 0 Å². The highest BCUT2D eigenvalue weighted by Gasteiger charge is 2.15.